The van der Waals surface area contributed by atoms with Crippen LogP contribution < -0.4 is 29.4 Å². The first-order chi connectivity index (χ1) is 33.9. The van der Waals surface area contributed by atoms with Gasteiger partial charge >= 0.3 is 0 Å². The van der Waals surface area contributed by atoms with Crippen molar-refractivity contribution in [1.82, 2.24) is 0 Å². The van der Waals surface area contributed by atoms with Gasteiger partial charge in [0.1, 0.15) is 0 Å². The van der Waals surface area contributed by atoms with E-state index in [4.69, 9.17) is 26.3 Å². The van der Waals surface area contributed by atoms with Crippen molar-refractivity contribution in [2.75, 3.05) is 108 Å². The average Bonchev–Trinajstić information content (AvgIpc) is 3.39. The highest BCUT2D eigenvalue weighted by Gasteiger charge is 2.20. The number of nitrogens with zero attached hydrogens (tertiary/aromatic N) is 14. The Labute approximate surface area is 407 Å². The molecule has 5 aromatic carbocycles. The minimum atomic E-state index is 0.319. The first kappa shape index (κ1) is 50.8. The second-order valence-corrected chi connectivity index (χ2v) is 15.7. The van der Waals surface area contributed by atoms with Crippen LogP contribution in [0.4, 0.5) is 56.9 Å². The summed E-state index contributed by atoms with van der Waals surface area (Å²) in [6.07, 6.45) is 2.15. The number of hydrogen-bond acceptors (Lipinski definition) is 10. The number of hydrogen-bond donors (Lipinski definition) is 0. The van der Waals surface area contributed by atoms with Gasteiger partial charge in [-0.1, -0.05) is 0 Å². The SMILES string of the molecule is [C-]#[N+]CCN(CCC#N)c1ccc(N(c2ccc(N(CCC#N)CC[N+]#[C-])cc2)c2ccc(N(c3ccc(N(CCC#N)CC[N+]#[C-])cc3)c3ccc(N(CCCC#N)CC[N+]#[C-])cc3)cc2)cc1. The number of unbranched alkanes of at least 4 members (excludes halogenated alkanes) is 1. The maximum absolute atomic E-state index is 9.34. The quantitative estimate of drug-likeness (QED) is 0.0370. The van der Waals surface area contributed by atoms with Gasteiger partial charge in [-0.15, -0.1) is 0 Å². The van der Waals surface area contributed by atoms with E-state index in [-0.39, 0.29) is 0 Å². The zero-order valence-electron chi connectivity index (χ0n) is 38.8. The first-order valence-corrected chi connectivity index (χ1v) is 22.8. The predicted octanol–water partition coefficient (Wildman–Crippen LogP) is 11.6. The van der Waals surface area contributed by atoms with E-state index in [1.165, 1.54) is 0 Å². The molecule has 0 saturated heterocycles. The fourth-order valence-corrected chi connectivity index (χ4v) is 7.96. The van der Waals surface area contributed by atoms with Crippen molar-refractivity contribution in [3.63, 3.8) is 0 Å². The van der Waals surface area contributed by atoms with Crippen molar-refractivity contribution in [2.45, 2.75) is 32.1 Å². The number of benzene rings is 5. The molecule has 0 N–H and O–H groups in total. The Morgan fingerprint density at radius 3 is 0.696 bits per heavy atom. The predicted molar refractivity (Wildman–Crippen MR) is 276 cm³/mol. The maximum Gasteiger partial charge on any atom is 0.231 e. The zero-order valence-corrected chi connectivity index (χ0v) is 38.8. The monoisotopic (exact) mass is 910 g/mol. The van der Waals surface area contributed by atoms with Crippen LogP contribution >= 0.6 is 0 Å². The molecule has 344 valence electrons. The van der Waals surface area contributed by atoms with Crippen LogP contribution in [-0.2, 0) is 0 Å². The Balaban J connectivity index is 1.59. The van der Waals surface area contributed by atoms with E-state index in [1.807, 2.05) is 72.8 Å². The van der Waals surface area contributed by atoms with Crippen LogP contribution in [0.5, 0.6) is 0 Å². The fraction of sp³-hybridized carbons (Fsp3) is 0.309. The molecule has 0 unspecified atom stereocenters. The molecule has 0 amide bonds. The number of nitriles is 4. The van der Waals surface area contributed by atoms with Crippen LogP contribution in [0.25, 0.3) is 19.4 Å². The lowest BCUT2D eigenvalue weighted by Gasteiger charge is -2.30. The van der Waals surface area contributed by atoms with Gasteiger partial charge in [-0.3, -0.25) is 0 Å². The standard InChI is InChI=1S/C55H54N14/c1-60-34-42-64(38-6-5-30-56)46-10-18-50(19-11-46)68(51-20-12-47(13-21-51)65(39-7-31-57)43-35-61-2)54-26-28-55(29-27-54)69(52-22-14-48(15-23-52)66(40-8-32-58)44-36-62-3)53-24-16-49(17-25-53)67(41-9-33-59)45-37-63-4/h10-29H,5-9,34-45H2. The van der Waals surface area contributed by atoms with Gasteiger partial charge < -0.3 is 48.8 Å². The van der Waals surface area contributed by atoms with E-state index in [1.54, 1.807) is 0 Å². The van der Waals surface area contributed by atoms with Crippen molar-refractivity contribution in [3.8, 4) is 24.3 Å². The van der Waals surface area contributed by atoms with Crippen molar-refractivity contribution >= 4 is 56.9 Å². The Hall–Kier alpha value is -9.18. The molecule has 14 heteroatoms. The minimum absolute atomic E-state index is 0.319. The van der Waals surface area contributed by atoms with Gasteiger partial charge in [-0.2, -0.15) is 21.0 Å². The summed E-state index contributed by atoms with van der Waals surface area (Å²) in [5.41, 5.74) is 9.06. The largest absolute Gasteiger partial charge is 0.364 e. The molecule has 0 bridgehead atoms. The normalized spacial score (nSPS) is 10.0. The van der Waals surface area contributed by atoms with E-state index < -0.39 is 0 Å². The third-order valence-electron chi connectivity index (χ3n) is 11.4. The minimum Gasteiger partial charge on any atom is -0.364 e. The number of rotatable bonds is 27. The van der Waals surface area contributed by atoms with Crippen LogP contribution in [0.2, 0.25) is 0 Å². The van der Waals surface area contributed by atoms with E-state index >= 15 is 0 Å². The Kier molecular flexibility index (Phi) is 20.6. The summed E-state index contributed by atoms with van der Waals surface area (Å²) >= 11 is 0. The molecule has 0 saturated carbocycles. The smallest absolute Gasteiger partial charge is 0.231 e. The van der Waals surface area contributed by atoms with Gasteiger partial charge in [0.2, 0.25) is 26.2 Å². The molecule has 0 aliphatic carbocycles. The highest BCUT2D eigenvalue weighted by atomic mass is 15.2. The Bertz CT molecular complexity index is 2580. The van der Waals surface area contributed by atoms with Crippen molar-refractivity contribution in [3.05, 3.63) is 167 Å². The Morgan fingerprint density at radius 1 is 0.290 bits per heavy atom. The van der Waals surface area contributed by atoms with E-state index in [0.29, 0.717) is 111 Å². The topological polar surface area (TPSA) is 132 Å². The second kappa shape index (κ2) is 28.0. The molecule has 5 aromatic rings. The van der Waals surface area contributed by atoms with Gasteiger partial charge in [0.05, 0.1) is 69.7 Å². The van der Waals surface area contributed by atoms with E-state index in [9.17, 15) is 21.0 Å². The lowest BCUT2D eigenvalue weighted by atomic mass is 10.1. The van der Waals surface area contributed by atoms with Crippen LogP contribution in [0.15, 0.2) is 121 Å². The number of anilines is 10. The van der Waals surface area contributed by atoms with Gasteiger partial charge in [0.25, 0.3) is 0 Å². The molecule has 69 heavy (non-hydrogen) atoms. The van der Waals surface area contributed by atoms with Gasteiger partial charge in [0, 0.05) is 89.5 Å². The fourth-order valence-electron chi connectivity index (χ4n) is 7.96. The zero-order chi connectivity index (χ0) is 49.1. The lowest BCUT2D eigenvalue weighted by Crippen LogP contribution is -2.27. The van der Waals surface area contributed by atoms with Crippen molar-refractivity contribution < 1.29 is 0 Å². The summed E-state index contributed by atoms with van der Waals surface area (Å²) < 4.78 is 0. The molecule has 0 aliphatic heterocycles. The molecular weight excluding hydrogens is 857 g/mol. The summed E-state index contributed by atoms with van der Waals surface area (Å²) in [4.78, 5) is 26.9. The van der Waals surface area contributed by atoms with E-state index in [2.05, 4.69) is 122 Å². The molecule has 0 aliphatic rings. The molecular formula is C55H54N14. The molecule has 14 nitrogen and oxygen atoms in total. The third-order valence-corrected chi connectivity index (χ3v) is 11.4. The van der Waals surface area contributed by atoms with Crippen LogP contribution in [0, 0.1) is 71.6 Å². The molecule has 5 rings (SSSR count). The Morgan fingerprint density at radius 2 is 0.493 bits per heavy atom. The summed E-state index contributed by atoms with van der Waals surface area (Å²) in [7, 11) is 0. The molecule has 0 atom stereocenters. The lowest BCUT2D eigenvalue weighted by molar-refractivity contribution is 0.754. The van der Waals surface area contributed by atoms with Gasteiger partial charge in [0.15, 0.2) is 0 Å². The highest BCUT2D eigenvalue weighted by molar-refractivity contribution is 5.82. The molecule has 0 fully saturated rings. The van der Waals surface area contributed by atoms with E-state index in [0.717, 1.165) is 56.9 Å². The van der Waals surface area contributed by atoms with Crippen LogP contribution in [0.1, 0.15) is 32.1 Å². The maximum atomic E-state index is 9.34. The van der Waals surface area contributed by atoms with Gasteiger partial charge in [-0.25, -0.2) is 26.3 Å². The molecule has 0 aromatic heterocycles. The summed E-state index contributed by atoms with van der Waals surface area (Å²) in [6.45, 7) is 35.1. The molecule has 0 radical (unpaired) electrons. The van der Waals surface area contributed by atoms with Crippen LogP contribution in [0.3, 0.4) is 0 Å². The van der Waals surface area contributed by atoms with Gasteiger partial charge in [-0.05, 0) is 128 Å². The highest BCUT2D eigenvalue weighted by Crippen LogP contribution is 2.41. The second-order valence-electron chi connectivity index (χ2n) is 15.7. The summed E-state index contributed by atoms with van der Waals surface area (Å²) in [5.74, 6) is 0. The first-order valence-electron chi connectivity index (χ1n) is 22.8. The summed E-state index contributed by atoms with van der Waals surface area (Å²) in [6, 6.07) is 49.8. The molecule has 0 heterocycles. The van der Waals surface area contributed by atoms with Crippen LogP contribution in [-0.4, -0.2) is 78.5 Å². The summed E-state index contributed by atoms with van der Waals surface area (Å²) in [5, 5.41) is 37.2. The third kappa shape index (κ3) is 14.7. The van der Waals surface area contributed by atoms with Crippen molar-refractivity contribution in [2.24, 2.45) is 0 Å². The molecule has 0 spiro atoms. The van der Waals surface area contributed by atoms with Crippen molar-refractivity contribution in [1.29, 1.82) is 21.0 Å². The average molecular weight is 911 g/mol.